The Bertz CT molecular complexity index is 710. The second-order valence-corrected chi connectivity index (χ2v) is 22.7. The van der Waals surface area contributed by atoms with Gasteiger partial charge >= 0.3 is 167 Å². The number of carbonyl (C=O) groups excluding carboxylic acids is 1. The van der Waals surface area contributed by atoms with Gasteiger partial charge in [-0.3, -0.25) is 0 Å². The number of rotatable bonds is 12. The summed E-state index contributed by atoms with van der Waals surface area (Å²) in [6.45, 7) is 8.56. The number of fused-ring (bicyclic) bond motifs is 1. The van der Waals surface area contributed by atoms with E-state index in [0.717, 1.165) is 5.69 Å². The van der Waals surface area contributed by atoms with Crippen LogP contribution in [0.25, 0.3) is 10.9 Å². The van der Waals surface area contributed by atoms with E-state index in [1.165, 1.54) is 56.7 Å². The van der Waals surface area contributed by atoms with Crippen molar-refractivity contribution in [3.63, 3.8) is 0 Å². The van der Waals surface area contributed by atoms with Gasteiger partial charge < -0.3 is 0 Å². The molecule has 2 aromatic heterocycles. The standard InChI is InChI=1S/C9H7N2OS.3C4H9.Sn/c1-7(12)2-3-8-9-11(6-10-8)4-5-13-9;3*1-3-4-2;/h2-4,6H,1H3;3*1,3-4H2,2H3;. The molecule has 0 fully saturated rings. The van der Waals surface area contributed by atoms with E-state index in [0.29, 0.717) is 0 Å². The van der Waals surface area contributed by atoms with Gasteiger partial charge in [-0.1, -0.05) is 0 Å². The Morgan fingerprint density at radius 2 is 1.69 bits per heavy atom. The zero-order valence-corrected chi connectivity index (χ0v) is 20.6. The maximum atomic E-state index is 11.3. The van der Waals surface area contributed by atoms with Gasteiger partial charge in [0.15, 0.2) is 0 Å². The van der Waals surface area contributed by atoms with Crippen LogP contribution in [0.15, 0.2) is 18.6 Å². The van der Waals surface area contributed by atoms with Gasteiger partial charge in [0.05, 0.1) is 0 Å². The van der Waals surface area contributed by atoms with Gasteiger partial charge in [0.25, 0.3) is 0 Å². The first-order valence-corrected chi connectivity index (χ1v) is 18.5. The van der Waals surface area contributed by atoms with Crippen molar-refractivity contribution in [3.05, 3.63) is 24.3 Å². The molecule has 2 rings (SSSR count). The van der Waals surface area contributed by atoms with E-state index in [1.54, 1.807) is 15.9 Å². The third-order valence-corrected chi connectivity index (χ3v) is 24.6. The number of carbonyl (C=O) groups is 1. The molecule has 0 radical (unpaired) electrons. The van der Waals surface area contributed by atoms with Gasteiger partial charge in [-0.15, -0.1) is 0 Å². The Labute approximate surface area is 166 Å². The van der Waals surface area contributed by atoms with Gasteiger partial charge in [-0.25, -0.2) is 0 Å². The number of aromatic nitrogens is 2. The quantitative estimate of drug-likeness (QED) is 0.273. The van der Waals surface area contributed by atoms with Crippen molar-refractivity contribution in [3.8, 4) is 0 Å². The van der Waals surface area contributed by atoms with E-state index >= 15 is 0 Å². The Morgan fingerprint density at radius 3 is 2.19 bits per heavy atom. The van der Waals surface area contributed by atoms with E-state index in [2.05, 4.69) is 36.4 Å². The number of thiazole rings is 1. The second kappa shape index (κ2) is 10.6. The van der Waals surface area contributed by atoms with Crippen LogP contribution in [-0.2, 0) is 4.79 Å². The summed E-state index contributed by atoms with van der Waals surface area (Å²) >= 11 is -0.404. The average molecular weight is 481 g/mol. The first kappa shape index (κ1) is 21.7. The molecule has 2 heterocycles. The minimum atomic E-state index is -2.38. The molecule has 5 heteroatoms. The number of hydrogen-bond donors (Lipinski definition) is 0. The van der Waals surface area contributed by atoms with Crippen molar-refractivity contribution in [1.29, 1.82) is 0 Å². The molecule has 0 aliphatic carbocycles. The number of nitrogens with zero attached hydrogens (tertiary/aromatic N) is 2. The molecular formula is C21H34N2OSSn. The molecule has 0 spiro atoms. The number of ketones is 1. The van der Waals surface area contributed by atoms with E-state index in [4.69, 9.17) is 0 Å². The molecule has 26 heavy (non-hydrogen) atoms. The molecule has 0 saturated carbocycles. The van der Waals surface area contributed by atoms with Gasteiger partial charge in [0.2, 0.25) is 0 Å². The Kier molecular flexibility index (Phi) is 8.88. The van der Waals surface area contributed by atoms with Crippen molar-refractivity contribution in [1.82, 2.24) is 9.38 Å². The summed E-state index contributed by atoms with van der Waals surface area (Å²) in [5.74, 6) is 0.0743. The Hall–Kier alpha value is -0.621. The Balaban J connectivity index is 2.42. The van der Waals surface area contributed by atoms with E-state index in [1.807, 2.05) is 23.7 Å². The zero-order valence-electron chi connectivity index (χ0n) is 16.9. The molecule has 144 valence electrons. The van der Waals surface area contributed by atoms with Gasteiger partial charge in [0.1, 0.15) is 0 Å². The van der Waals surface area contributed by atoms with Crippen LogP contribution in [0.3, 0.4) is 0 Å². The van der Waals surface area contributed by atoms with E-state index in [-0.39, 0.29) is 5.78 Å². The summed E-state index contributed by atoms with van der Waals surface area (Å²) in [4.78, 5) is 17.0. The topological polar surface area (TPSA) is 34.4 Å². The molecule has 0 unspecified atom stereocenters. The van der Waals surface area contributed by atoms with Crippen LogP contribution in [0.5, 0.6) is 0 Å². The summed E-state index contributed by atoms with van der Waals surface area (Å²) in [5.41, 5.74) is 0.943. The minimum absolute atomic E-state index is 0.0743. The Morgan fingerprint density at radius 1 is 1.12 bits per heavy atom. The van der Waals surface area contributed by atoms with Crippen LogP contribution >= 0.6 is 11.3 Å². The fourth-order valence-electron chi connectivity index (χ4n) is 3.66. The van der Waals surface area contributed by atoms with Crippen LogP contribution in [-0.4, -0.2) is 33.5 Å². The molecule has 0 atom stereocenters. The van der Waals surface area contributed by atoms with Crippen molar-refractivity contribution >= 4 is 49.3 Å². The molecule has 3 nitrogen and oxygen atoms in total. The van der Waals surface area contributed by atoms with Crippen molar-refractivity contribution in [2.45, 2.75) is 79.5 Å². The summed E-state index contributed by atoms with van der Waals surface area (Å²) in [6.07, 6.45) is 15.9. The van der Waals surface area contributed by atoms with Crippen molar-refractivity contribution in [2.75, 3.05) is 0 Å². The average Bonchev–Trinajstić information content (AvgIpc) is 3.21. The number of allylic oxidation sites excluding steroid dienone is 1. The predicted molar refractivity (Wildman–Crippen MR) is 117 cm³/mol. The normalized spacial score (nSPS) is 12.5. The number of unbranched alkanes of at least 4 members (excludes halogenated alkanes) is 3. The van der Waals surface area contributed by atoms with Crippen LogP contribution in [0.1, 0.15) is 71.9 Å². The monoisotopic (exact) mass is 482 g/mol. The third-order valence-electron chi connectivity index (χ3n) is 5.26. The zero-order chi connectivity index (χ0) is 19.0. The molecule has 0 N–H and O–H groups in total. The summed E-state index contributed by atoms with van der Waals surface area (Å²) in [7, 11) is 0. The van der Waals surface area contributed by atoms with Crippen molar-refractivity contribution < 1.29 is 4.79 Å². The number of imidazole rings is 1. The summed E-state index contributed by atoms with van der Waals surface area (Å²) < 4.78 is 8.38. The molecule has 2 aromatic rings. The second-order valence-electron chi connectivity index (χ2n) is 7.47. The summed E-state index contributed by atoms with van der Waals surface area (Å²) in [6, 6.07) is 0. The van der Waals surface area contributed by atoms with Crippen LogP contribution in [0, 0.1) is 0 Å². The first-order chi connectivity index (χ1) is 12.6. The predicted octanol–water partition coefficient (Wildman–Crippen LogP) is 6.05. The molecular weight excluding hydrogens is 447 g/mol. The SMILES string of the molecule is CCC[CH2][Sn]([CH2]CCC)([CH2]CCC)[c]1cn2cnc(C=CC(C)=O)c2s1. The molecule has 0 aliphatic heterocycles. The number of hydrogen-bond acceptors (Lipinski definition) is 3. The first-order valence-electron chi connectivity index (χ1n) is 10.2. The van der Waals surface area contributed by atoms with Crippen molar-refractivity contribution in [2.24, 2.45) is 0 Å². The molecule has 0 aliphatic rings. The molecule has 0 bridgehead atoms. The van der Waals surface area contributed by atoms with Gasteiger partial charge in [-0.05, 0) is 0 Å². The third kappa shape index (κ3) is 5.44. The van der Waals surface area contributed by atoms with E-state index < -0.39 is 18.4 Å². The fraction of sp³-hybridized carbons (Fsp3) is 0.619. The van der Waals surface area contributed by atoms with Gasteiger partial charge in [-0.2, -0.15) is 0 Å². The molecule has 0 saturated heterocycles. The van der Waals surface area contributed by atoms with E-state index in [9.17, 15) is 4.79 Å². The maximum absolute atomic E-state index is 11.3. The summed E-state index contributed by atoms with van der Waals surface area (Å²) in [5, 5.41) is 0. The van der Waals surface area contributed by atoms with Crippen LogP contribution < -0.4 is 2.89 Å². The molecule has 0 aromatic carbocycles. The van der Waals surface area contributed by atoms with Gasteiger partial charge in [0, 0.05) is 0 Å². The van der Waals surface area contributed by atoms with Crippen LogP contribution in [0.2, 0.25) is 13.3 Å². The van der Waals surface area contributed by atoms with Crippen LogP contribution in [0.4, 0.5) is 0 Å². The fourth-order valence-corrected chi connectivity index (χ4v) is 23.7. The molecule has 0 amide bonds.